The molecule has 2 aliphatic heterocycles. The van der Waals surface area contributed by atoms with Gasteiger partial charge in [-0.2, -0.15) is 0 Å². The number of likely N-dealkylation sites (tertiary alicyclic amines) is 2. The van der Waals surface area contributed by atoms with E-state index in [0.29, 0.717) is 6.54 Å². The fraction of sp³-hybridized carbons (Fsp3) is 0.444. The van der Waals surface area contributed by atoms with Gasteiger partial charge in [-0.1, -0.05) is 6.08 Å². The molecule has 0 radical (unpaired) electrons. The van der Waals surface area contributed by atoms with Gasteiger partial charge in [0, 0.05) is 43.7 Å². The zero-order chi connectivity index (χ0) is 16.6. The Morgan fingerprint density at radius 2 is 2.46 bits per heavy atom. The van der Waals surface area contributed by atoms with Crippen LogP contribution in [0.4, 0.5) is 0 Å². The lowest BCUT2D eigenvalue weighted by Crippen LogP contribution is -2.39. The minimum Gasteiger partial charge on any atom is -0.468 e. The van der Waals surface area contributed by atoms with Crippen molar-refractivity contribution in [3.05, 3.63) is 53.4 Å². The Morgan fingerprint density at radius 3 is 3.17 bits per heavy atom. The van der Waals surface area contributed by atoms with E-state index in [-0.39, 0.29) is 17.2 Å². The van der Waals surface area contributed by atoms with Crippen LogP contribution in [0.3, 0.4) is 0 Å². The maximum atomic E-state index is 13.2. The Balaban J connectivity index is 1.62. The van der Waals surface area contributed by atoms with E-state index in [1.807, 2.05) is 34.7 Å². The van der Waals surface area contributed by atoms with Gasteiger partial charge in [-0.05, 0) is 18.6 Å². The van der Waals surface area contributed by atoms with E-state index < -0.39 is 0 Å². The largest absolute Gasteiger partial charge is 0.468 e. The van der Waals surface area contributed by atoms with Crippen molar-refractivity contribution in [1.82, 2.24) is 14.8 Å². The van der Waals surface area contributed by atoms with Crippen molar-refractivity contribution in [2.75, 3.05) is 26.2 Å². The molecule has 1 spiro atoms. The predicted octanol–water partition coefficient (Wildman–Crippen LogP) is 2.74. The molecule has 4 rings (SSSR count). The molecule has 2 fully saturated rings. The third-order valence-corrected chi connectivity index (χ3v) is 6.10. The van der Waals surface area contributed by atoms with Crippen LogP contribution in [-0.2, 0) is 11.3 Å². The number of amides is 1. The number of rotatable bonds is 5. The smallest absolute Gasteiger partial charge is 0.231 e. The molecule has 6 heteroatoms. The van der Waals surface area contributed by atoms with Crippen LogP contribution in [0.5, 0.6) is 0 Å². The van der Waals surface area contributed by atoms with Gasteiger partial charge in [-0.15, -0.1) is 17.9 Å². The summed E-state index contributed by atoms with van der Waals surface area (Å²) in [5.41, 5.74) is -0.354. The molecule has 126 valence electrons. The minimum absolute atomic E-state index is 0.162. The van der Waals surface area contributed by atoms with E-state index in [4.69, 9.17) is 4.42 Å². The number of nitrogens with zero attached hydrogens (tertiary/aromatic N) is 3. The molecule has 5 nitrogen and oxygen atoms in total. The van der Waals surface area contributed by atoms with E-state index in [1.54, 1.807) is 17.6 Å². The molecule has 24 heavy (non-hydrogen) atoms. The van der Waals surface area contributed by atoms with Gasteiger partial charge >= 0.3 is 0 Å². The summed E-state index contributed by atoms with van der Waals surface area (Å²) < 4.78 is 5.50. The fourth-order valence-electron chi connectivity index (χ4n) is 4.13. The van der Waals surface area contributed by atoms with E-state index in [0.717, 1.165) is 43.4 Å². The Kier molecular flexibility index (Phi) is 4.02. The molecular weight excluding hydrogens is 322 g/mol. The summed E-state index contributed by atoms with van der Waals surface area (Å²) in [5, 5.41) is 3.07. The molecule has 1 amide bonds. The lowest BCUT2D eigenvalue weighted by atomic mass is 9.77. The first-order valence-corrected chi connectivity index (χ1v) is 9.15. The Hall–Kier alpha value is -1.92. The summed E-state index contributed by atoms with van der Waals surface area (Å²) >= 11 is 1.66. The van der Waals surface area contributed by atoms with Crippen LogP contribution < -0.4 is 0 Å². The Labute approximate surface area is 145 Å². The standard InChI is InChI=1S/C18H21N3O2S/c1-2-7-21-8-5-18(17(21)22)13-20(11-14-4-3-9-23-14)12-15(18)16-19-6-10-24-16/h2-4,6,9-10,15H,1,5,7-8,11-13H2/t15-,18-/m0/s1. The van der Waals surface area contributed by atoms with Crippen LogP contribution in [0.25, 0.3) is 0 Å². The first kappa shape index (κ1) is 15.6. The number of carbonyl (C=O) groups excluding carboxylic acids is 1. The molecule has 0 aromatic carbocycles. The second-order valence-corrected chi connectivity index (χ2v) is 7.54. The number of carbonyl (C=O) groups is 1. The molecule has 2 aromatic rings. The predicted molar refractivity (Wildman–Crippen MR) is 92.7 cm³/mol. The molecule has 4 heterocycles. The Morgan fingerprint density at radius 1 is 1.54 bits per heavy atom. The highest BCUT2D eigenvalue weighted by Crippen LogP contribution is 2.50. The Bertz CT molecular complexity index is 713. The van der Waals surface area contributed by atoms with Gasteiger partial charge in [0.1, 0.15) is 5.76 Å². The third-order valence-electron chi connectivity index (χ3n) is 5.21. The molecule has 0 N–H and O–H groups in total. The zero-order valence-corrected chi connectivity index (χ0v) is 14.4. The third kappa shape index (κ3) is 2.50. The monoisotopic (exact) mass is 343 g/mol. The zero-order valence-electron chi connectivity index (χ0n) is 13.6. The van der Waals surface area contributed by atoms with Crippen molar-refractivity contribution in [3.8, 4) is 0 Å². The van der Waals surface area contributed by atoms with Crippen LogP contribution in [0.2, 0.25) is 0 Å². The molecule has 2 atom stereocenters. The van der Waals surface area contributed by atoms with Gasteiger partial charge in [-0.3, -0.25) is 9.69 Å². The van der Waals surface area contributed by atoms with Crippen LogP contribution >= 0.6 is 11.3 Å². The molecule has 2 aromatic heterocycles. The molecule has 2 saturated heterocycles. The quantitative estimate of drug-likeness (QED) is 0.783. The van der Waals surface area contributed by atoms with Crippen molar-refractivity contribution in [2.24, 2.45) is 5.41 Å². The molecule has 0 aliphatic carbocycles. The highest BCUT2D eigenvalue weighted by molar-refractivity contribution is 7.09. The molecule has 0 saturated carbocycles. The van der Waals surface area contributed by atoms with Gasteiger partial charge in [0.25, 0.3) is 0 Å². The number of thiazole rings is 1. The lowest BCUT2D eigenvalue weighted by Gasteiger charge is -2.27. The number of hydrogen-bond donors (Lipinski definition) is 0. The maximum absolute atomic E-state index is 13.2. The number of furan rings is 1. The van der Waals surface area contributed by atoms with Crippen LogP contribution in [0, 0.1) is 5.41 Å². The van der Waals surface area contributed by atoms with E-state index >= 15 is 0 Å². The minimum atomic E-state index is -0.354. The fourth-order valence-corrected chi connectivity index (χ4v) is 4.98. The van der Waals surface area contributed by atoms with Crippen molar-refractivity contribution in [3.63, 3.8) is 0 Å². The summed E-state index contributed by atoms with van der Waals surface area (Å²) in [7, 11) is 0. The first-order valence-electron chi connectivity index (χ1n) is 8.27. The summed E-state index contributed by atoms with van der Waals surface area (Å²) in [6.07, 6.45) is 6.24. The second kappa shape index (κ2) is 6.18. The summed E-state index contributed by atoms with van der Waals surface area (Å²) in [5.74, 6) is 1.36. The number of hydrogen-bond acceptors (Lipinski definition) is 5. The van der Waals surface area contributed by atoms with Gasteiger partial charge in [0.2, 0.25) is 5.91 Å². The molecule has 0 unspecified atom stereocenters. The van der Waals surface area contributed by atoms with Gasteiger partial charge in [0.05, 0.1) is 23.2 Å². The van der Waals surface area contributed by atoms with Gasteiger partial charge in [0.15, 0.2) is 0 Å². The van der Waals surface area contributed by atoms with Crippen molar-refractivity contribution in [2.45, 2.75) is 18.9 Å². The SMILES string of the molecule is C=CCN1CC[C@@]2(CN(Cc3ccco3)C[C@H]2c2nccs2)C1=O. The topological polar surface area (TPSA) is 49.6 Å². The number of aromatic nitrogens is 1. The van der Waals surface area contributed by atoms with Gasteiger partial charge < -0.3 is 9.32 Å². The lowest BCUT2D eigenvalue weighted by molar-refractivity contribution is -0.135. The van der Waals surface area contributed by atoms with Crippen LogP contribution in [0.15, 0.2) is 47.0 Å². The highest BCUT2D eigenvalue weighted by Gasteiger charge is 2.57. The van der Waals surface area contributed by atoms with Crippen LogP contribution in [-0.4, -0.2) is 46.9 Å². The van der Waals surface area contributed by atoms with E-state index in [2.05, 4.69) is 16.5 Å². The average Bonchev–Trinajstić information content (AvgIpc) is 3.34. The van der Waals surface area contributed by atoms with Crippen molar-refractivity contribution in [1.29, 1.82) is 0 Å². The van der Waals surface area contributed by atoms with Crippen molar-refractivity contribution >= 4 is 17.2 Å². The normalized spacial score (nSPS) is 27.4. The first-order chi connectivity index (χ1) is 11.7. The summed E-state index contributed by atoms with van der Waals surface area (Å²) in [4.78, 5) is 22.0. The second-order valence-electron chi connectivity index (χ2n) is 6.62. The van der Waals surface area contributed by atoms with Crippen molar-refractivity contribution < 1.29 is 9.21 Å². The average molecular weight is 343 g/mol. The molecule has 2 aliphatic rings. The highest BCUT2D eigenvalue weighted by atomic mass is 32.1. The van der Waals surface area contributed by atoms with E-state index in [1.165, 1.54) is 0 Å². The van der Waals surface area contributed by atoms with Crippen LogP contribution in [0.1, 0.15) is 23.1 Å². The maximum Gasteiger partial charge on any atom is 0.231 e. The van der Waals surface area contributed by atoms with E-state index in [9.17, 15) is 4.79 Å². The molecular formula is C18H21N3O2S. The molecule has 0 bridgehead atoms. The summed E-state index contributed by atoms with van der Waals surface area (Å²) in [6.45, 7) is 7.57. The summed E-state index contributed by atoms with van der Waals surface area (Å²) in [6, 6.07) is 3.90. The van der Waals surface area contributed by atoms with Gasteiger partial charge in [-0.25, -0.2) is 4.98 Å².